The van der Waals surface area contributed by atoms with Crippen LogP contribution >= 0.6 is 0 Å². The Bertz CT molecular complexity index is 602. The standard InChI is InChI=1S/C24H38N2O2/c1-25(22-14-20-16-23(27)17-21(20)15-22)18-19-8-3-4-9-24(19)28-13-7-12-26-10-5-2-6-11-26/h3-4,8-9,20-23,27H,2,5-7,10-18H2,1H3/t20-,21+,22?,23?. The van der Waals surface area contributed by atoms with Gasteiger partial charge in [-0.2, -0.15) is 0 Å². The van der Waals surface area contributed by atoms with Gasteiger partial charge in [-0.1, -0.05) is 24.6 Å². The summed E-state index contributed by atoms with van der Waals surface area (Å²) in [5.74, 6) is 2.54. The second kappa shape index (κ2) is 9.60. The Hall–Kier alpha value is -1.10. The van der Waals surface area contributed by atoms with Crippen LogP contribution in [-0.4, -0.2) is 60.3 Å². The van der Waals surface area contributed by atoms with Gasteiger partial charge in [0, 0.05) is 24.7 Å². The zero-order valence-electron chi connectivity index (χ0n) is 17.6. The molecule has 1 heterocycles. The average molecular weight is 387 g/mol. The minimum absolute atomic E-state index is 0.0414. The number of nitrogens with zero attached hydrogens (tertiary/aromatic N) is 2. The molecule has 156 valence electrons. The first kappa shape index (κ1) is 20.2. The third-order valence-electron chi connectivity index (χ3n) is 7.31. The summed E-state index contributed by atoms with van der Waals surface area (Å²) >= 11 is 0. The van der Waals surface area contributed by atoms with Gasteiger partial charge in [-0.25, -0.2) is 0 Å². The molecule has 4 rings (SSSR count). The van der Waals surface area contributed by atoms with E-state index in [-0.39, 0.29) is 6.10 Å². The van der Waals surface area contributed by atoms with E-state index >= 15 is 0 Å². The molecule has 0 bridgehead atoms. The summed E-state index contributed by atoms with van der Waals surface area (Å²) in [5, 5.41) is 9.88. The second-order valence-electron chi connectivity index (χ2n) is 9.40. The van der Waals surface area contributed by atoms with Crippen molar-refractivity contribution in [1.82, 2.24) is 9.80 Å². The summed E-state index contributed by atoms with van der Waals surface area (Å²) < 4.78 is 6.19. The third-order valence-corrected chi connectivity index (χ3v) is 7.31. The summed E-state index contributed by atoms with van der Waals surface area (Å²) in [5.41, 5.74) is 1.31. The van der Waals surface area contributed by atoms with E-state index in [0.29, 0.717) is 6.04 Å². The third kappa shape index (κ3) is 5.08. The average Bonchev–Trinajstić information content (AvgIpc) is 3.25. The number of fused-ring (bicyclic) bond motifs is 1. The number of rotatable bonds is 8. The lowest BCUT2D eigenvalue weighted by molar-refractivity contribution is 0.157. The predicted molar refractivity (Wildman–Crippen MR) is 114 cm³/mol. The van der Waals surface area contributed by atoms with Gasteiger partial charge in [0.25, 0.3) is 0 Å². The van der Waals surface area contributed by atoms with Gasteiger partial charge in [-0.05, 0) is 83.0 Å². The summed E-state index contributed by atoms with van der Waals surface area (Å²) in [7, 11) is 2.26. The van der Waals surface area contributed by atoms with Crippen LogP contribution in [0.1, 0.15) is 56.9 Å². The van der Waals surface area contributed by atoms with E-state index in [2.05, 4.69) is 41.1 Å². The van der Waals surface area contributed by atoms with E-state index < -0.39 is 0 Å². The molecule has 1 aromatic carbocycles. The molecule has 1 N–H and O–H groups in total. The monoisotopic (exact) mass is 386 g/mol. The van der Waals surface area contributed by atoms with Crippen molar-refractivity contribution in [2.24, 2.45) is 11.8 Å². The van der Waals surface area contributed by atoms with E-state index in [4.69, 9.17) is 4.74 Å². The van der Waals surface area contributed by atoms with E-state index in [1.807, 2.05) is 0 Å². The van der Waals surface area contributed by atoms with Crippen LogP contribution in [0.15, 0.2) is 24.3 Å². The molecule has 0 radical (unpaired) electrons. The highest BCUT2D eigenvalue weighted by Crippen LogP contribution is 2.45. The van der Waals surface area contributed by atoms with E-state index in [1.54, 1.807) is 0 Å². The van der Waals surface area contributed by atoms with Gasteiger partial charge in [-0.3, -0.25) is 4.90 Å². The number of aliphatic hydroxyl groups is 1. The van der Waals surface area contributed by atoms with E-state index in [9.17, 15) is 5.11 Å². The Morgan fingerprint density at radius 3 is 2.50 bits per heavy atom. The smallest absolute Gasteiger partial charge is 0.123 e. The Kier molecular flexibility index (Phi) is 6.92. The molecule has 0 amide bonds. The maximum absolute atomic E-state index is 9.88. The number of likely N-dealkylation sites (tertiary alicyclic amines) is 1. The number of para-hydroxylation sites is 1. The highest BCUT2D eigenvalue weighted by Gasteiger charge is 2.42. The summed E-state index contributed by atoms with van der Waals surface area (Å²) in [6, 6.07) is 9.21. The second-order valence-corrected chi connectivity index (χ2v) is 9.40. The van der Waals surface area contributed by atoms with E-state index in [1.165, 1.54) is 57.3 Å². The largest absolute Gasteiger partial charge is 0.493 e. The van der Waals surface area contributed by atoms with Gasteiger partial charge in [0.2, 0.25) is 0 Å². The van der Waals surface area contributed by atoms with Crippen molar-refractivity contribution in [3.63, 3.8) is 0 Å². The van der Waals surface area contributed by atoms with Gasteiger partial charge >= 0.3 is 0 Å². The van der Waals surface area contributed by atoms with Crippen molar-refractivity contribution in [1.29, 1.82) is 0 Å². The van der Waals surface area contributed by atoms with Gasteiger partial charge in [0.15, 0.2) is 0 Å². The molecule has 0 aromatic heterocycles. The minimum Gasteiger partial charge on any atom is -0.493 e. The molecular formula is C24H38N2O2. The molecule has 1 aliphatic heterocycles. The Morgan fingerprint density at radius 2 is 1.75 bits per heavy atom. The van der Waals surface area contributed by atoms with Crippen molar-refractivity contribution < 1.29 is 9.84 Å². The maximum atomic E-state index is 9.88. The molecule has 2 saturated carbocycles. The number of aliphatic hydroxyl groups excluding tert-OH is 1. The molecule has 4 nitrogen and oxygen atoms in total. The summed E-state index contributed by atoms with van der Waals surface area (Å²) in [6.45, 7) is 5.46. The van der Waals surface area contributed by atoms with Crippen LogP contribution in [0.25, 0.3) is 0 Å². The molecule has 2 unspecified atom stereocenters. The summed E-state index contributed by atoms with van der Waals surface area (Å²) in [6.07, 6.45) is 9.72. The Morgan fingerprint density at radius 1 is 1.04 bits per heavy atom. The van der Waals surface area contributed by atoms with Crippen molar-refractivity contribution in [3.05, 3.63) is 29.8 Å². The van der Waals surface area contributed by atoms with Crippen LogP contribution in [0, 0.1) is 11.8 Å². The van der Waals surface area contributed by atoms with Crippen LogP contribution in [0.5, 0.6) is 5.75 Å². The van der Waals surface area contributed by atoms with Crippen LogP contribution in [0.3, 0.4) is 0 Å². The van der Waals surface area contributed by atoms with Crippen molar-refractivity contribution in [3.8, 4) is 5.75 Å². The maximum Gasteiger partial charge on any atom is 0.123 e. The molecule has 1 aromatic rings. The predicted octanol–water partition coefficient (Wildman–Crippen LogP) is 3.92. The highest BCUT2D eigenvalue weighted by molar-refractivity contribution is 5.33. The lowest BCUT2D eigenvalue weighted by Crippen LogP contribution is -2.31. The zero-order chi connectivity index (χ0) is 19.3. The zero-order valence-corrected chi connectivity index (χ0v) is 17.6. The fourth-order valence-electron chi connectivity index (χ4n) is 5.74. The lowest BCUT2D eigenvalue weighted by Gasteiger charge is -2.27. The van der Waals surface area contributed by atoms with Gasteiger partial charge in [0.05, 0.1) is 12.7 Å². The highest BCUT2D eigenvalue weighted by atomic mass is 16.5. The first-order valence-electron chi connectivity index (χ1n) is 11.5. The fraction of sp³-hybridized carbons (Fsp3) is 0.750. The topological polar surface area (TPSA) is 35.9 Å². The number of hydrogen-bond donors (Lipinski definition) is 1. The molecule has 28 heavy (non-hydrogen) atoms. The Labute approximate surface area is 170 Å². The molecule has 4 atom stereocenters. The molecule has 2 aliphatic carbocycles. The normalized spacial score (nSPS) is 30.7. The van der Waals surface area contributed by atoms with Crippen molar-refractivity contribution in [2.75, 3.05) is 33.3 Å². The molecule has 3 fully saturated rings. The number of hydrogen-bond acceptors (Lipinski definition) is 4. The van der Waals surface area contributed by atoms with Gasteiger partial charge in [-0.15, -0.1) is 0 Å². The minimum atomic E-state index is -0.0414. The molecule has 3 aliphatic rings. The Balaban J connectivity index is 1.24. The fourth-order valence-corrected chi connectivity index (χ4v) is 5.74. The van der Waals surface area contributed by atoms with E-state index in [0.717, 1.165) is 50.0 Å². The number of benzene rings is 1. The first-order valence-corrected chi connectivity index (χ1v) is 11.5. The van der Waals surface area contributed by atoms with Crippen LogP contribution in [0.4, 0.5) is 0 Å². The van der Waals surface area contributed by atoms with Crippen molar-refractivity contribution in [2.45, 2.75) is 70.1 Å². The molecular weight excluding hydrogens is 348 g/mol. The lowest BCUT2D eigenvalue weighted by atomic mass is 10.0. The SMILES string of the molecule is CN(Cc1ccccc1OCCCN1CCCCC1)C1C[C@H]2CC(O)C[C@H]2C1. The number of piperidine rings is 1. The van der Waals surface area contributed by atoms with Gasteiger partial charge in [0.1, 0.15) is 5.75 Å². The summed E-state index contributed by atoms with van der Waals surface area (Å²) in [4.78, 5) is 5.10. The van der Waals surface area contributed by atoms with Crippen molar-refractivity contribution >= 4 is 0 Å². The molecule has 1 saturated heterocycles. The van der Waals surface area contributed by atoms with Crippen LogP contribution < -0.4 is 4.74 Å². The molecule has 4 heteroatoms. The number of ether oxygens (including phenoxy) is 1. The first-order chi connectivity index (χ1) is 13.7. The van der Waals surface area contributed by atoms with Gasteiger partial charge < -0.3 is 14.7 Å². The quantitative estimate of drug-likeness (QED) is 0.687. The van der Waals surface area contributed by atoms with Crippen LogP contribution in [0.2, 0.25) is 0 Å². The van der Waals surface area contributed by atoms with Crippen LogP contribution in [-0.2, 0) is 6.54 Å². The molecule has 0 spiro atoms.